The number of ether oxygens (including phenoxy) is 1. The number of fused-ring (bicyclic) bond motifs is 1. The molecule has 0 bridgehead atoms. The van der Waals surface area contributed by atoms with E-state index in [0.717, 1.165) is 31.1 Å². The van der Waals surface area contributed by atoms with Crippen LogP contribution in [0.1, 0.15) is 33.6 Å². The van der Waals surface area contributed by atoms with Gasteiger partial charge in [-0.15, -0.1) is 0 Å². The van der Waals surface area contributed by atoms with Crippen LogP contribution in [0.15, 0.2) is 0 Å². The average Bonchev–Trinajstić information content (AvgIpc) is 1.99. The van der Waals surface area contributed by atoms with Crippen LogP contribution in [0.4, 0.5) is 0 Å². The SMILES string of the molecule is CC1(C)CC2(C)OCCCN2C(=S)N1. The summed E-state index contributed by atoms with van der Waals surface area (Å²) in [5.41, 5.74) is -0.149. The first-order valence-electron chi connectivity index (χ1n) is 5.17. The number of hydrogen-bond acceptors (Lipinski definition) is 2. The molecule has 0 radical (unpaired) electrons. The summed E-state index contributed by atoms with van der Waals surface area (Å²) in [5.74, 6) is 0. The van der Waals surface area contributed by atoms with Crippen LogP contribution in [0.25, 0.3) is 0 Å². The monoisotopic (exact) mass is 214 g/mol. The maximum Gasteiger partial charge on any atom is 0.171 e. The molecule has 14 heavy (non-hydrogen) atoms. The van der Waals surface area contributed by atoms with Crippen molar-refractivity contribution < 1.29 is 4.74 Å². The fourth-order valence-electron chi connectivity index (χ4n) is 2.51. The molecule has 0 spiro atoms. The fraction of sp³-hybridized carbons (Fsp3) is 0.900. The zero-order valence-corrected chi connectivity index (χ0v) is 9.91. The van der Waals surface area contributed by atoms with Gasteiger partial charge in [-0.3, -0.25) is 0 Å². The quantitative estimate of drug-likeness (QED) is 0.617. The van der Waals surface area contributed by atoms with Gasteiger partial charge in [0.25, 0.3) is 0 Å². The van der Waals surface area contributed by atoms with E-state index in [0.29, 0.717) is 0 Å². The van der Waals surface area contributed by atoms with Gasteiger partial charge in [-0.25, -0.2) is 0 Å². The van der Waals surface area contributed by atoms with E-state index in [1.807, 2.05) is 0 Å². The van der Waals surface area contributed by atoms with E-state index in [4.69, 9.17) is 17.0 Å². The Balaban J connectivity index is 2.25. The van der Waals surface area contributed by atoms with E-state index in [1.165, 1.54) is 0 Å². The summed E-state index contributed by atoms with van der Waals surface area (Å²) in [6.45, 7) is 8.34. The van der Waals surface area contributed by atoms with E-state index < -0.39 is 0 Å². The lowest BCUT2D eigenvalue weighted by atomic mass is 9.89. The first kappa shape index (κ1) is 10.2. The normalized spacial score (nSPS) is 36.2. The molecule has 1 atom stereocenters. The number of hydrogen-bond donors (Lipinski definition) is 1. The van der Waals surface area contributed by atoms with Crippen LogP contribution in [0.3, 0.4) is 0 Å². The third-order valence-corrected chi connectivity index (χ3v) is 3.29. The topological polar surface area (TPSA) is 24.5 Å². The Morgan fingerprint density at radius 2 is 2.14 bits per heavy atom. The second-order valence-corrected chi connectivity index (χ2v) is 5.41. The van der Waals surface area contributed by atoms with Gasteiger partial charge < -0.3 is 15.0 Å². The number of nitrogens with one attached hydrogen (secondary N) is 1. The lowest BCUT2D eigenvalue weighted by molar-refractivity contribution is -0.166. The van der Waals surface area contributed by atoms with E-state index >= 15 is 0 Å². The second kappa shape index (κ2) is 3.07. The smallest absolute Gasteiger partial charge is 0.171 e. The summed E-state index contributed by atoms with van der Waals surface area (Å²) < 4.78 is 5.87. The van der Waals surface area contributed by atoms with Crippen molar-refractivity contribution in [1.29, 1.82) is 0 Å². The van der Waals surface area contributed by atoms with Crippen molar-refractivity contribution in [2.75, 3.05) is 13.2 Å². The van der Waals surface area contributed by atoms with Crippen LogP contribution in [-0.4, -0.2) is 34.4 Å². The molecule has 2 aliphatic heterocycles. The number of nitrogens with zero attached hydrogens (tertiary/aromatic N) is 1. The highest BCUT2D eigenvalue weighted by Gasteiger charge is 2.46. The molecule has 2 aliphatic rings. The Morgan fingerprint density at radius 1 is 1.43 bits per heavy atom. The summed E-state index contributed by atoms with van der Waals surface area (Å²) >= 11 is 5.36. The van der Waals surface area contributed by atoms with Gasteiger partial charge in [-0.2, -0.15) is 0 Å². The molecule has 1 unspecified atom stereocenters. The maximum absolute atomic E-state index is 5.87. The fourth-order valence-corrected chi connectivity index (χ4v) is 3.07. The predicted octanol–water partition coefficient (Wildman–Crippen LogP) is 1.48. The van der Waals surface area contributed by atoms with Crippen LogP contribution in [0.2, 0.25) is 0 Å². The first-order chi connectivity index (χ1) is 6.43. The van der Waals surface area contributed by atoms with Crippen LogP contribution in [0, 0.1) is 0 Å². The lowest BCUT2D eigenvalue weighted by Crippen LogP contribution is -2.68. The Bertz CT molecular complexity index is 267. The van der Waals surface area contributed by atoms with Crippen molar-refractivity contribution in [2.24, 2.45) is 0 Å². The van der Waals surface area contributed by atoms with Gasteiger partial charge in [-0.05, 0) is 39.4 Å². The molecule has 2 saturated heterocycles. The molecule has 0 aliphatic carbocycles. The molecule has 0 amide bonds. The first-order valence-corrected chi connectivity index (χ1v) is 5.58. The summed E-state index contributed by atoms with van der Waals surface area (Å²) in [6, 6.07) is 0. The molecule has 0 aromatic heterocycles. The Hall–Kier alpha value is -0.350. The molecule has 1 N–H and O–H groups in total. The number of thiocarbonyl (C=S) groups is 1. The van der Waals surface area contributed by atoms with Crippen LogP contribution >= 0.6 is 12.2 Å². The van der Waals surface area contributed by atoms with Gasteiger partial charge in [-0.1, -0.05) is 0 Å². The predicted molar refractivity (Wildman–Crippen MR) is 60.1 cm³/mol. The van der Waals surface area contributed by atoms with Crippen molar-refractivity contribution in [2.45, 2.75) is 44.9 Å². The summed E-state index contributed by atoms with van der Waals surface area (Å²) in [5, 5.41) is 4.19. The largest absolute Gasteiger partial charge is 0.357 e. The van der Waals surface area contributed by atoms with E-state index in [1.54, 1.807) is 0 Å². The Morgan fingerprint density at radius 3 is 2.86 bits per heavy atom. The molecule has 2 fully saturated rings. The van der Waals surface area contributed by atoms with Gasteiger partial charge in [0.1, 0.15) is 5.72 Å². The molecule has 0 aromatic rings. The highest BCUT2D eigenvalue weighted by atomic mass is 32.1. The van der Waals surface area contributed by atoms with Gasteiger partial charge in [0.2, 0.25) is 0 Å². The minimum Gasteiger partial charge on any atom is -0.357 e. The Labute approximate surface area is 90.8 Å². The molecule has 0 saturated carbocycles. The highest BCUT2D eigenvalue weighted by molar-refractivity contribution is 7.80. The zero-order valence-electron chi connectivity index (χ0n) is 9.09. The molecule has 4 heteroatoms. The van der Waals surface area contributed by atoms with Crippen molar-refractivity contribution in [3.05, 3.63) is 0 Å². The summed E-state index contributed by atoms with van der Waals surface area (Å²) in [6.07, 6.45) is 2.04. The van der Waals surface area contributed by atoms with Crippen LogP contribution in [-0.2, 0) is 4.74 Å². The zero-order chi connectivity index (χ0) is 10.4. The minimum absolute atomic E-state index is 0.0413. The average molecular weight is 214 g/mol. The van der Waals surface area contributed by atoms with Gasteiger partial charge in [0, 0.05) is 18.5 Å². The van der Waals surface area contributed by atoms with Crippen molar-refractivity contribution in [3.63, 3.8) is 0 Å². The number of rotatable bonds is 0. The third-order valence-electron chi connectivity index (χ3n) is 2.97. The van der Waals surface area contributed by atoms with Gasteiger partial charge in [0.05, 0.1) is 6.61 Å². The second-order valence-electron chi connectivity index (χ2n) is 5.02. The highest BCUT2D eigenvalue weighted by Crippen LogP contribution is 2.34. The van der Waals surface area contributed by atoms with E-state index in [-0.39, 0.29) is 11.3 Å². The lowest BCUT2D eigenvalue weighted by Gasteiger charge is -2.54. The summed E-state index contributed by atoms with van der Waals surface area (Å²) in [4.78, 5) is 2.18. The molecule has 3 nitrogen and oxygen atoms in total. The van der Waals surface area contributed by atoms with Crippen molar-refractivity contribution >= 4 is 17.3 Å². The standard InChI is InChI=1S/C10H18N2OS/c1-9(2)7-10(3)12(8(14)11-9)5-4-6-13-10/h4-7H2,1-3H3,(H,11,14). The van der Waals surface area contributed by atoms with Crippen molar-refractivity contribution in [3.8, 4) is 0 Å². The molecule has 0 aromatic carbocycles. The van der Waals surface area contributed by atoms with Gasteiger partial charge >= 0.3 is 0 Å². The van der Waals surface area contributed by atoms with E-state index in [9.17, 15) is 0 Å². The maximum atomic E-state index is 5.87. The third kappa shape index (κ3) is 1.61. The minimum atomic E-state index is -0.190. The van der Waals surface area contributed by atoms with Gasteiger partial charge in [0.15, 0.2) is 5.11 Å². The molecule has 2 rings (SSSR count). The Kier molecular flexibility index (Phi) is 2.23. The van der Waals surface area contributed by atoms with Crippen molar-refractivity contribution in [1.82, 2.24) is 10.2 Å². The van der Waals surface area contributed by atoms with Crippen LogP contribution < -0.4 is 5.32 Å². The summed E-state index contributed by atoms with van der Waals surface area (Å²) in [7, 11) is 0. The van der Waals surface area contributed by atoms with E-state index in [2.05, 4.69) is 31.0 Å². The molecular formula is C10H18N2OS. The van der Waals surface area contributed by atoms with Crippen LogP contribution in [0.5, 0.6) is 0 Å². The molecular weight excluding hydrogens is 196 g/mol. The molecule has 80 valence electrons. The molecule has 2 heterocycles.